The number of amides is 1. The second-order valence-electron chi connectivity index (χ2n) is 5.35. The van der Waals surface area contributed by atoms with Crippen LogP contribution in [0.5, 0.6) is 0 Å². The molecule has 21 heavy (non-hydrogen) atoms. The molecular formula is C14H25N5OS. The third-order valence-electron chi connectivity index (χ3n) is 3.89. The highest BCUT2D eigenvalue weighted by atomic mass is 32.1. The molecule has 0 unspecified atom stereocenters. The fourth-order valence-electron chi connectivity index (χ4n) is 2.55. The number of rotatable bonds is 6. The van der Waals surface area contributed by atoms with Crippen LogP contribution in [0.2, 0.25) is 0 Å². The van der Waals surface area contributed by atoms with Crippen molar-refractivity contribution in [3.63, 3.8) is 0 Å². The lowest BCUT2D eigenvalue weighted by molar-refractivity contribution is 0.0941. The topological polar surface area (TPSA) is 83.3 Å². The SMILES string of the molecule is CCNc1nc(N)c(C(=O)NCC2CCN(CC)CC2)s1. The largest absolute Gasteiger partial charge is 0.382 e. The maximum atomic E-state index is 12.2. The summed E-state index contributed by atoms with van der Waals surface area (Å²) in [5, 5.41) is 6.79. The molecule has 1 aromatic heterocycles. The molecule has 6 nitrogen and oxygen atoms in total. The molecule has 0 bridgehead atoms. The molecule has 1 aromatic rings. The van der Waals surface area contributed by atoms with E-state index in [1.807, 2.05) is 6.92 Å². The van der Waals surface area contributed by atoms with Crippen molar-refractivity contribution in [1.29, 1.82) is 0 Å². The molecular weight excluding hydrogens is 286 g/mol. The number of hydrogen-bond acceptors (Lipinski definition) is 6. The standard InChI is InChI=1S/C14H25N5OS/c1-3-16-14-18-12(15)11(21-14)13(20)17-9-10-5-7-19(4-2)8-6-10/h10H,3-9,15H2,1-2H3,(H,16,18)(H,17,20). The number of hydrogen-bond donors (Lipinski definition) is 3. The molecule has 0 radical (unpaired) electrons. The second-order valence-corrected chi connectivity index (χ2v) is 6.35. The molecule has 0 atom stereocenters. The van der Waals surface area contributed by atoms with Gasteiger partial charge in [-0.05, 0) is 45.3 Å². The number of nitrogens with zero attached hydrogens (tertiary/aromatic N) is 2. The Bertz CT molecular complexity index is 468. The van der Waals surface area contributed by atoms with Gasteiger partial charge < -0.3 is 21.3 Å². The summed E-state index contributed by atoms with van der Waals surface area (Å²) in [5.74, 6) is 0.778. The van der Waals surface area contributed by atoms with E-state index in [9.17, 15) is 4.79 Å². The lowest BCUT2D eigenvalue weighted by Crippen LogP contribution is -2.38. The first-order chi connectivity index (χ1) is 10.1. The normalized spacial score (nSPS) is 16.9. The first kappa shape index (κ1) is 16.0. The van der Waals surface area contributed by atoms with Crippen molar-refractivity contribution in [3.8, 4) is 0 Å². The van der Waals surface area contributed by atoms with Crippen molar-refractivity contribution >= 4 is 28.2 Å². The number of nitrogens with one attached hydrogen (secondary N) is 2. The van der Waals surface area contributed by atoms with E-state index in [0.29, 0.717) is 21.7 Å². The minimum atomic E-state index is -0.105. The minimum absolute atomic E-state index is 0.105. The van der Waals surface area contributed by atoms with Crippen molar-refractivity contribution in [1.82, 2.24) is 15.2 Å². The smallest absolute Gasteiger partial charge is 0.265 e. The van der Waals surface area contributed by atoms with Crippen LogP contribution in [0.4, 0.5) is 10.9 Å². The van der Waals surface area contributed by atoms with Gasteiger partial charge in [0.15, 0.2) is 5.13 Å². The number of piperidine rings is 1. The quantitative estimate of drug-likeness (QED) is 0.743. The molecule has 4 N–H and O–H groups in total. The van der Waals surface area contributed by atoms with Gasteiger partial charge in [-0.2, -0.15) is 0 Å². The molecule has 7 heteroatoms. The van der Waals surface area contributed by atoms with Gasteiger partial charge in [0.05, 0.1) is 0 Å². The van der Waals surface area contributed by atoms with E-state index in [4.69, 9.17) is 5.73 Å². The van der Waals surface area contributed by atoms with Gasteiger partial charge >= 0.3 is 0 Å². The molecule has 0 aromatic carbocycles. The highest BCUT2D eigenvalue weighted by Crippen LogP contribution is 2.25. The van der Waals surface area contributed by atoms with Gasteiger partial charge in [-0.15, -0.1) is 0 Å². The van der Waals surface area contributed by atoms with Crippen molar-refractivity contribution in [2.75, 3.05) is 43.8 Å². The Labute approximate surface area is 130 Å². The Morgan fingerprint density at radius 1 is 1.43 bits per heavy atom. The number of thiazole rings is 1. The van der Waals surface area contributed by atoms with Crippen LogP contribution in [0.15, 0.2) is 0 Å². The van der Waals surface area contributed by atoms with Gasteiger partial charge in [0, 0.05) is 13.1 Å². The van der Waals surface area contributed by atoms with Gasteiger partial charge in [-0.1, -0.05) is 18.3 Å². The van der Waals surface area contributed by atoms with Gasteiger partial charge in [-0.3, -0.25) is 4.79 Å². The molecule has 0 saturated carbocycles. The van der Waals surface area contributed by atoms with Crippen LogP contribution in [0.3, 0.4) is 0 Å². The van der Waals surface area contributed by atoms with Crippen molar-refractivity contribution in [2.45, 2.75) is 26.7 Å². The van der Waals surface area contributed by atoms with Gasteiger partial charge in [0.25, 0.3) is 5.91 Å². The molecule has 2 rings (SSSR count). The van der Waals surface area contributed by atoms with E-state index in [-0.39, 0.29) is 5.91 Å². The zero-order chi connectivity index (χ0) is 15.2. The van der Waals surface area contributed by atoms with Gasteiger partial charge in [0.2, 0.25) is 0 Å². The van der Waals surface area contributed by atoms with E-state index >= 15 is 0 Å². The summed E-state index contributed by atoms with van der Waals surface area (Å²) < 4.78 is 0. The monoisotopic (exact) mass is 311 g/mol. The van der Waals surface area contributed by atoms with E-state index in [1.165, 1.54) is 11.3 Å². The molecule has 1 fully saturated rings. The van der Waals surface area contributed by atoms with Crippen LogP contribution in [-0.2, 0) is 0 Å². The molecule has 1 aliphatic heterocycles. The molecule has 1 amide bonds. The third kappa shape index (κ3) is 4.31. The van der Waals surface area contributed by atoms with E-state index in [2.05, 4.69) is 27.4 Å². The number of likely N-dealkylation sites (tertiary alicyclic amines) is 1. The predicted molar refractivity (Wildman–Crippen MR) is 87.9 cm³/mol. The van der Waals surface area contributed by atoms with Crippen LogP contribution >= 0.6 is 11.3 Å². The number of nitrogen functional groups attached to an aromatic ring is 1. The molecule has 118 valence electrons. The summed E-state index contributed by atoms with van der Waals surface area (Å²) in [6.07, 6.45) is 2.30. The fourth-order valence-corrected chi connectivity index (χ4v) is 3.41. The van der Waals surface area contributed by atoms with Crippen molar-refractivity contribution < 1.29 is 4.79 Å². The minimum Gasteiger partial charge on any atom is -0.382 e. The van der Waals surface area contributed by atoms with Crippen LogP contribution < -0.4 is 16.4 Å². The maximum Gasteiger partial charge on any atom is 0.265 e. The molecule has 0 aliphatic carbocycles. The highest BCUT2D eigenvalue weighted by Gasteiger charge is 2.20. The average molecular weight is 311 g/mol. The molecule has 1 saturated heterocycles. The number of aromatic nitrogens is 1. The van der Waals surface area contributed by atoms with Crippen molar-refractivity contribution in [2.24, 2.45) is 5.92 Å². The molecule has 0 spiro atoms. The van der Waals surface area contributed by atoms with Crippen LogP contribution in [-0.4, -0.2) is 48.5 Å². The Kier molecular flexibility index (Phi) is 5.81. The van der Waals surface area contributed by atoms with E-state index in [0.717, 1.165) is 45.6 Å². The van der Waals surface area contributed by atoms with Gasteiger partial charge in [-0.25, -0.2) is 4.98 Å². The first-order valence-electron chi connectivity index (χ1n) is 7.64. The number of carbonyl (C=O) groups is 1. The maximum absolute atomic E-state index is 12.2. The Hall–Kier alpha value is -1.34. The number of carbonyl (C=O) groups excluding carboxylic acids is 1. The Balaban J connectivity index is 1.82. The lowest BCUT2D eigenvalue weighted by atomic mass is 9.97. The van der Waals surface area contributed by atoms with E-state index < -0.39 is 0 Å². The second kappa shape index (κ2) is 7.61. The Morgan fingerprint density at radius 2 is 2.14 bits per heavy atom. The zero-order valence-electron chi connectivity index (χ0n) is 12.8. The summed E-state index contributed by atoms with van der Waals surface area (Å²) in [4.78, 5) is 19.3. The van der Waals surface area contributed by atoms with Crippen molar-refractivity contribution in [3.05, 3.63) is 4.88 Å². The third-order valence-corrected chi connectivity index (χ3v) is 4.92. The van der Waals surface area contributed by atoms with Crippen LogP contribution in [0.1, 0.15) is 36.4 Å². The number of anilines is 2. The van der Waals surface area contributed by atoms with Gasteiger partial charge in [0.1, 0.15) is 10.7 Å². The summed E-state index contributed by atoms with van der Waals surface area (Å²) in [5.41, 5.74) is 5.81. The fraction of sp³-hybridized carbons (Fsp3) is 0.714. The average Bonchev–Trinajstić information content (AvgIpc) is 2.86. The molecule has 1 aliphatic rings. The summed E-state index contributed by atoms with van der Waals surface area (Å²) in [6, 6.07) is 0. The first-order valence-corrected chi connectivity index (χ1v) is 8.46. The highest BCUT2D eigenvalue weighted by molar-refractivity contribution is 7.18. The summed E-state index contributed by atoms with van der Waals surface area (Å²) >= 11 is 1.32. The lowest BCUT2D eigenvalue weighted by Gasteiger charge is -2.30. The zero-order valence-corrected chi connectivity index (χ0v) is 13.6. The van der Waals surface area contributed by atoms with Crippen LogP contribution in [0.25, 0.3) is 0 Å². The molecule has 2 heterocycles. The van der Waals surface area contributed by atoms with Crippen LogP contribution in [0, 0.1) is 5.92 Å². The number of nitrogens with two attached hydrogens (primary N) is 1. The summed E-state index contributed by atoms with van der Waals surface area (Å²) in [6.45, 7) is 9.04. The predicted octanol–water partition coefficient (Wildman–Crippen LogP) is 1.62. The summed E-state index contributed by atoms with van der Waals surface area (Å²) in [7, 11) is 0. The van der Waals surface area contributed by atoms with E-state index in [1.54, 1.807) is 0 Å². The Morgan fingerprint density at radius 3 is 2.76 bits per heavy atom.